The summed E-state index contributed by atoms with van der Waals surface area (Å²) in [5.74, 6) is 0.732. The van der Waals surface area contributed by atoms with E-state index in [0.717, 1.165) is 18.8 Å². The summed E-state index contributed by atoms with van der Waals surface area (Å²) >= 11 is 0. The molecule has 0 saturated heterocycles. The van der Waals surface area contributed by atoms with Crippen LogP contribution >= 0.6 is 0 Å². The molecule has 15 heavy (non-hydrogen) atoms. The molecule has 0 heterocycles. The maximum atomic E-state index is 11.7. The number of carbonyl (C=O) groups is 1. The number of carbonyl (C=O) groups excluding carboxylic acids is 1. The van der Waals surface area contributed by atoms with E-state index in [4.69, 9.17) is 5.73 Å². The van der Waals surface area contributed by atoms with Crippen LogP contribution in [0.1, 0.15) is 30.1 Å². The summed E-state index contributed by atoms with van der Waals surface area (Å²) in [6.45, 7) is 2.20. The van der Waals surface area contributed by atoms with Gasteiger partial charge in [0.1, 0.15) is 0 Å². The van der Waals surface area contributed by atoms with E-state index in [0.29, 0.717) is 17.3 Å². The number of amides is 1. The lowest BCUT2D eigenvalue weighted by Crippen LogP contribution is -2.43. The van der Waals surface area contributed by atoms with Gasteiger partial charge in [-0.3, -0.25) is 4.79 Å². The van der Waals surface area contributed by atoms with Crippen LogP contribution < -0.4 is 11.1 Å². The van der Waals surface area contributed by atoms with Gasteiger partial charge in [-0.05, 0) is 37.0 Å². The molecule has 3 heteroatoms. The van der Waals surface area contributed by atoms with Gasteiger partial charge in [0.05, 0.1) is 0 Å². The van der Waals surface area contributed by atoms with Gasteiger partial charge >= 0.3 is 0 Å². The topological polar surface area (TPSA) is 55.1 Å². The first-order valence-corrected chi connectivity index (χ1v) is 5.31. The van der Waals surface area contributed by atoms with Crippen LogP contribution in [0.5, 0.6) is 0 Å². The van der Waals surface area contributed by atoms with E-state index < -0.39 is 0 Å². The van der Waals surface area contributed by atoms with Crippen molar-refractivity contribution in [1.82, 2.24) is 5.32 Å². The lowest BCUT2D eigenvalue weighted by molar-refractivity contribution is 0.0896. The Hall–Kier alpha value is -1.51. The van der Waals surface area contributed by atoms with Gasteiger partial charge in [0.15, 0.2) is 0 Å². The summed E-state index contributed by atoms with van der Waals surface area (Å²) in [5.41, 5.74) is 6.89. The number of nitrogens with one attached hydrogen (secondary N) is 1. The smallest absolute Gasteiger partial charge is 0.251 e. The van der Waals surface area contributed by atoms with Crippen molar-refractivity contribution in [2.75, 3.05) is 5.73 Å². The molecule has 0 spiro atoms. The molecule has 3 N–H and O–H groups in total. The number of hydrogen-bond acceptors (Lipinski definition) is 2. The Bertz CT molecular complexity index is 370. The largest absolute Gasteiger partial charge is 0.399 e. The molecule has 0 unspecified atom stereocenters. The number of rotatable bonds is 2. The molecule has 0 bridgehead atoms. The van der Waals surface area contributed by atoms with Gasteiger partial charge in [0, 0.05) is 17.3 Å². The molecule has 2 rings (SSSR count). The lowest BCUT2D eigenvalue weighted by Gasteiger charge is -2.33. The maximum absolute atomic E-state index is 11.7. The van der Waals surface area contributed by atoms with E-state index in [9.17, 15) is 4.79 Å². The average Bonchev–Trinajstić information content (AvgIpc) is 2.15. The predicted octanol–water partition coefficient (Wildman–Crippen LogP) is 1.80. The van der Waals surface area contributed by atoms with Gasteiger partial charge in [-0.1, -0.05) is 13.0 Å². The first-order valence-electron chi connectivity index (χ1n) is 5.31. The summed E-state index contributed by atoms with van der Waals surface area (Å²) in [5, 5.41) is 3.00. The van der Waals surface area contributed by atoms with Crippen LogP contribution in [-0.2, 0) is 0 Å². The van der Waals surface area contributed by atoms with Crippen LogP contribution in [0.4, 0.5) is 5.69 Å². The van der Waals surface area contributed by atoms with Crippen molar-refractivity contribution < 1.29 is 4.79 Å². The SMILES string of the molecule is CC1CC(NC(=O)c2cccc(N)c2)C1. The summed E-state index contributed by atoms with van der Waals surface area (Å²) in [6, 6.07) is 7.43. The molecule has 0 radical (unpaired) electrons. The molecular weight excluding hydrogens is 188 g/mol. The normalized spacial score (nSPS) is 24.3. The Morgan fingerprint density at radius 3 is 2.80 bits per heavy atom. The molecule has 1 aromatic rings. The number of hydrogen-bond donors (Lipinski definition) is 2. The fraction of sp³-hybridized carbons (Fsp3) is 0.417. The molecular formula is C12H16N2O. The van der Waals surface area contributed by atoms with E-state index in [-0.39, 0.29) is 5.91 Å². The number of nitrogen functional groups attached to an aromatic ring is 1. The van der Waals surface area contributed by atoms with Gasteiger partial charge in [0.2, 0.25) is 0 Å². The molecule has 1 aliphatic carbocycles. The van der Waals surface area contributed by atoms with E-state index in [1.807, 2.05) is 0 Å². The fourth-order valence-corrected chi connectivity index (χ4v) is 1.97. The quantitative estimate of drug-likeness (QED) is 0.722. The zero-order valence-electron chi connectivity index (χ0n) is 8.86. The monoisotopic (exact) mass is 204 g/mol. The highest BCUT2D eigenvalue weighted by atomic mass is 16.1. The molecule has 0 atom stereocenters. The molecule has 1 aliphatic rings. The Kier molecular flexibility index (Phi) is 2.62. The minimum Gasteiger partial charge on any atom is -0.399 e. The van der Waals surface area contributed by atoms with E-state index in [1.54, 1.807) is 24.3 Å². The minimum atomic E-state index is -0.0146. The van der Waals surface area contributed by atoms with Crippen LogP contribution in [0.25, 0.3) is 0 Å². The highest BCUT2D eigenvalue weighted by Crippen LogP contribution is 2.26. The van der Waals surface area contributed by atoms with Crippen molar-refractivity contribution >= 4 is 11.6 Å². The third-order valence-electron chi connectivity index (χ3n) is 2.86. The van der Waals surface area contributed by atoms with E-state index in [2.05, 4.69) is 12.2 Å². The van der Waals surface area contributed by atoms with Gasteiger partial charge < -0.3 is 11.1 Å². The Balaban J connectivity index is 1.96. The Morgan fingerprint density at radius 2 is 2.20 bits per heavy atom. The molecule has 3 nitrogen and oxygen atoms in total. The Morgan fingerprint density at radius 1 is 1.47 bits per heavy atom. The van der Waals surface area contributed by atoms with Gasteiger partial charge in [0.25, 0.3) is 5.91 Å². The molecule has 80 valence electrons. The first kappa shape index (κ1) is 10.0. The molecule has 0 aliphatic heterocycles. The number of nitrogens with two attached hydrogens (primary N) is 1. The minimum absolute atomic E-state index is 0.0146. The van der Waals surface area contributed by atoms with Crippen molar-refractivity contribution in [3.63, 3.8) is 0 Å². The van der Waals surface area contributed by atoms with E-state index in [1.165, 1.54) is 0 Å². The lowest BCUT2D eigenvalue weighted by atomic mass is 9.82. The standard InChI is InChI=1S/C12H16N2O/c1-8-5-11(6-8)14-12(15)9-3-2-4-10(13)7-9/h2-4,7-8,11H,5-6,13H2,1H3,(H,14,15). The van der Waals surface area contributed by atoms with Crippen molar-refractivity contribution in [2.24, 2.45) is 5.92 Å². The molecule has 1 aromatic carbocycles. The maximum Gasteiger partial charge on any atom is 0.251 e. The second-order valence-electron chi connectivity index (χ2n) is 4.37. The zero-order valence-corrected chi connectivity index (χ0v) is 8.86. The average molecular weight is 204 g/mol. The van der Waals surface area contributed by atoms with Crippen LogP contribution in [0, 0.1) is 5.92 Å². The molecule has 0 aromatic heterocycles. The third-order valence-corrected chi connectivity index (χ3v) is 2.86. The summed E-state index contributed by atoms with van der Waals surface area (Å²) in [4.78, 5) is 11.7. The third kappa shape index (κ3) is 2.29. The predicted molar refractivity (Wildman–Crippen MR) is 60.5 cm³/mol. The van der Waals surface area contributed by atoms with E-state index >= 15 is 0 Å². The first-order chi connectivity index (χ1) is 7.15. The Labute approximate surface area is 89.7 Å². The number of anilines is 1. The summed E-state index contributed by atoms with van der Waals surface area (Å²) in [7, 11) is 0. The summed E-state index contributed by atoms with van der Waals surface area (Å²) in [6.07, 6.45) is 2.18. The van der Waals surface area contributed by atoms with Gasteiger partial charge in [-0.25, -0.2) is 0 Å². The second kappa shape index (κ2) is 3.93. The van der Waals surface area contributed by atoms with Crippen LogP contribution in [0.3, 0.4) is 0 Å². The summed E-state index contributed by atoms with van der Waals surface area (Å²) < 4.78 is 0. The van der Waals surface area contributed by atoms with Crippen LogP contribution in [0.15, 0.2) is 24.3 Å². The zero-order chi connectivity index (χ0) is 10.8. The van der Waals surface area contributed by atoms with Crippen molar-refractivity contribution in [2.45, 2.75) is 25.8 Å². The molecule has 1 amide bonds. The highest BCUT2D eigenvalue weighted by molar-refractivity contribution is 5.95. The number of benzene rings is 1. The van der Waals surface area contributed by atoms with Crippen molar-refractivity contribution in [1.29, 1.82) is 0 Å². The van der Waals surface area contributed by atoms with Gasteiger partial charge in [-0.2, -0.15) is 0 Å². The highest BCUT2D eigenvalue weighted by Gasteiger charge is 2.26. The van der Waals surface area contributed by atoms with Crippen LogP contribution in [0.2, 0.25) is 0 Å². The van der Waals surface area contributed by atoms with Crippen LogP contribution in [-0.4, -0.2) is 11.9 Å². The fourth-order valence-electron chi connectivity index (χ4n) is 1.97. The second-order valence-corrected chi connectivity index (χ2v) is 4.37. The van der Waals surface area contributed by atoms with Crippen molar-refractivity contribution in [3.05, 3.63) is 29.8 Å². The van der Waals surface area contributed by atoms with Gasteiger partial charge in [-0.15, -0.1) is 0 Å². The van der Waals surface area contributed by atoms with Crippen molar-refractivity contribution in [3.8, 4) is 0 Å². The molecule has 1 fully saturated rings. The molecule has 1 saturated carbocycles.